The molecule has 1 aromatic carbocycles. The van der Waals surface area contributed by atoms with Crippen LogP contribution >= 0.6 is 0 Å². The van der Waals surface area contributed by atoms with Gasteiger partial charge in [-0.15, -0.1) is 0 Å². The van der Waals surface area contributed by atoms with Gasteiger partial charge in [0.15, 0.2) is 0 Å². The van der Waals surface area contributed by atoms with Crippen molar-refractivity contribution in [3.63, 3.8) is 0 Å². The van der Waals surface area contributed by atoms with E-state index in [-0.39, 0.29) is 15.9 Å². The summed E-state index contributed by atoms with van der Waals surface area (Å²) >= 11 is 0. The molecule has 0 bridgehead atoms. The SMILES string of the molecule is Oc1ccccc1-c1ccccn1.[Be]. The van der Waals surface area contributed by atoms with Crippen molar-refractivity contribution in [2.45, 2.75) is 0 Å². The molecule has 0 spiro atoms. The predicted octanol–water partition coefficient (Wildman–Crippen LogP) is 2.07. The van der Waals surface area contributed by atoms with Gasteiger partial charge < -0.3 is 5.11 Å². The Morgan fingerprint density at radius 1 is 0.929 bits per heavy atom. The number of para-hydroxylation sites is 1. The van der Waals surface area contributed by atoms with Crippen molar-refractivity contribution in [3.05, 3.63) is 48.7 Å². The van der Waals surface area contributed by atoms with Crippen molar-refractivity contribution in [1.82, 2.24) is 4.98 Å². The van der Waals surface area contributed by atoms with E-state index in [9.17, 15) is 5.11 Å². The summed E-state index contributed by atoms with van der Waals surface area (Å²) in [4.78, 5) is 4.15. The predicted molar refractivity (Wildman–Crippen MR) is 57.1 cm³/mol. The average Bonchev–Trinajstić information content (AvgIpc) is 2.20. The Morgan fingerprint density at radius 2 is 1.64 bits per heavy atom. The fraction of sp³-hybridized carbons (Fsp3) is 0. The number of rotatable bonds is 1. The Hall–Kier alpha value is -1.66. The molecule has 66 valence electrons. The zero-order valence-corrected chi connectivity index (χ0v) is 7.72. The van der Waals surface area contributed by atoms with Crippen LogP contribution in [-0.4, -0.2) is 20.2 Å². The third kappa shape index (κ3) is 1.98. The van der Waals surface area contributed by atoms with Crippen LogP contribution in [0.1, 0.15) is 0 Å². The second kappa shape index (κ2) is 4.54. The van der Waals surface area contributed by atoms with Gasteiger partial charge in [-0.25, -0.2) is 0 Å². The molecule has 2 aromatic rings. The fourth-order valence-electron chi connectivity index (χ4n) is 1.21. The van der Waals surface area contributed by atoms with Crippen LogP contribution < -0.4 is 0 Å². The Kier molecular flexibility index (Phi) is 3.38. The molecular formula is C11H9BeNO. The summed E-state index contributed by atoms with van der Waals surface area (Å²) in [5.41, 5.74) is 1.56. The summed E-state index contributed by atoms with van der Waals surface area (Å²) in [6, 6.07) is 12.8. The molecule has 0 aliphatic carbocycles. The molecule has 2 radical (unpaired) electrons. The monoisotopic (exact) mass is 180 g/mol. The molecule has 3 heteroatoms. The number of benzene rings is 1. The first-order valence-electron chi connectivity index (χ1n) is 4.07. The summed E-state index contributed by atoms with van der Waals surface area (Å²) in [7, 11) is 0. The van der Waals surface area contributed by atoms with E-state index in [1.807, 2.05) is 30.3 Å². The van der Waals surface area contributed by atoms with Gasteiger partial charge in [0.2, 0.25) is 0 Å². The minimum Gasteiger partial charge on any atom is -0.507 e. The molecule has 0 amide bonds. The standard InChI is InChI=1S/C11H9NO.Be/c13-11-7-2-1-5-9(11)10-6-3-4-8-12-10;/h1-8,13H;. The van der Waals surface area contributed by atoms with E-state index in [0.29, 0.717) is 0 Å². The van der Waals surface area contributed by atoms with E-state index in [2.05, 4.69) is 4.98 Å². The molecule has 0 aliphatic rings. The van der Waals surface area contributed by atoms with Gasteiger partial charge in [0, 0.05) is 21.9 Å². The van der Waals surface area contributed by atoms with Gasteiger partial charge in [0.1, 0.15) is 5.75 Å². The molecular weight excluding hydrogens is 171 g/mol. The van der Waals surface area contributed by atoms with Gasteiger partial charge in [0.25, 0.3) is 0 Å². The fourth-order valence-corrected chi connectivity index (χ4v) is 1.21. The zero-order chi connectivity index (χ0) is 9.10. The first-order chi connectivity index (χ1) is 6.38. The van der Waals surface area contributed by atoms with Crippen LogP contribution in [0.3, 0.4) is 0 Å². The van der Waals surface area contributed by atoms with Gasteiger partial charge in [-0.05, 0) is 24.3 Å². The maximum atomic E-state index is 9.52. The number of nitrogens with zero attached hydrogens (tertiary/aromatic N) is 1. The van der Waals surface area contributed by atoms with E-state index in [4.69, 9.17) is 0 Å². The number of hydrogen-bond donors (Lipinski definition) is 1. The van der Waals surface area contributed by atoms with Crippen molar-refractivity contribution in [2.75, 3.05) is 0 Å². The second-order valence-corrected chi connectivity index (χ2v) is 2.73. The third-order valence-electron chi connectivity index (χ3n) is 1.84. The van der Waals surface area contributed by atoms with Gasteiger partial charge in [-0.2, -0.15) is 0 Å². The largest absolute Gasteiger partial charge is 0.507 e. The number of pyridine rings is 1. The molecule has 0 saturated carbocycles. The van der Waals surface area contributed by atoms with Crippen LogP contribution in [-0.2, 0) is 0 Å². The van der Waals surface area contributed by atoms with Gasteiger partial charge >= 0.3 is 0 Å². The molecule has 0 saturated heterocycles. The van der Waals surface area contributed by atoms with Crippen molar-refractivity contribution < 1.29 is 5.11 Å². The minimum atomic E-state index is 0. The first-order valence-corrected chi connectivity index (χ1v) is 4.07. The Bertz CT molecular complexity index is 403. The van der Waals surface area contributed by atoms with Gasteiger partial charge in [-0.3, -0.25) is 4.98 Å². The first kappa shape index (κ1) is 10.4. The molecule has 1 aromatic heterocycles. The number of hydrogen-bond acceptors (Lipinski definition) is 2. The Labute approximate surface area is 86.5 Å². The molecule has 2 nitrogen and oxygen atoms in total. The van der Waals surface area contributed by atoms with Crippen molar-refractivity contribution >= 4 is 10.1 Å². The Balaban J connectivity index is 0.000000980. The van der Waals surface area contributed by atoms with Gasteiger partial charge in [0.05, 0.1) is 5.69 Å². The number of phenols is 1. The molecule has 1 heterocycles. The van der Waals surface area contributed by atoms with Crippen LogP contribution in [0.5, 0.6) is 5.75 Å². The average molecular weight is 180 g/mol. The summed E-state index contributed by atoms with van der Waals surface area (Å²) < 4.78 is 0. The van der Waals surface area contributed by atoms with Crippen LogP contribution in [0.15, 0.2) is 48.7 Å². The van der Waals surface area contributed by atoms with E-state index >= 15 is 0 Å². The van der Waals surface area contributed by atoms with E-state index < -0.39 is 0 Å². The van der Waals surface area contributed by atoms with Crippen molar-refractivity contribution in [2.24, 2.45) is 0 Å². The maximum Gasteiger partial charge on any atom is 0.124 e. The molecule has 0 atom stereocenters. The van der Waals surface area contributed by atoms with Crippen molar-refractivity contribution in [1.29, 1.82) is 0 Å². The van der Waals surface area contributed by atoms with Crippen LogP contribution in [0.25, 0.3) is 11.3 Å². The normalized spacial score (nSPS) is 9.14. The molecule has 14 heavy (non-hydrogen) atoms. The molecule has 2 rings (SSSR count). The molecule has 0 fully saturated rings. The summed E-state index contributed by atoms with van der Waals surface area (Å²) in [6.45, 7) is 0. The second-order valence-electron chi connectivity index (χ2n) is 2.73. The number of aromatic nitrogens is 1. The molecule has 1 N–H and O–H groups in total. The summed E-state index contributed by atoms with van der Waals surface area (Å²) in [5.74, 6) is 0.265. The summed E-state index contributed by atoms with van der Waals surface area (Å²) in [5, 5.41) is 9.52. The smallest absolute Gasteiger partial charge is 0.124 e. The Morgan fingerprint density at radius 3 is 2.29 bits per heavy atom. The third-order valence-corrected chi connectivity index (χ3v) is 1.84. The van der Waals surface area contributed by atoms with Crippen LogP contribution in [0, 0.1) is 0 Å². The summed E-state index contributed by atoms with van der Waals surface area (Å²) in [6.07, 6.45) is 1.71. The van der Waals surface area contributed by atoms with Crippen molar-refractivity contribution in [3.8, 4) is 17.0 Å². The van der Waals surface area contributed by atoms with E-state index in [1.54, 1.807) is 18.3 Å². The molecule has 0 aliphatic heterocycles. The van der Waals surface area contributed by atoms with Gasteiger partial charge in [-0.1, -0.05) is 18.2 Å². The quantitative estimate of drug-likeness (QED) is 0.681. The van der Waals surface area contributed by atoms with E-state index in [1.165, 1.54) is 0 Å². The van der Waals surface area contributed by atoms with Crippen LogP contribution in [0.2, 0.25) is 0 Å². The topological polar surface area (TPSA) is 33.1 Å². The zero-order valence-electron chi connectivity index (χ0n) is 7.72. The maximum absolute atomic E-state index is 9.52. The number of phenolic OH excluding ortho intramolecular Hbond substituents is 1. The van der Waals surface area contributed by atoms with Crippen LogP contribution in [0.4, 0.5) is 0 Å². The molecule has 0 unspecified atom stereocenters. The number of aromatic hydroxyl groups is 1. The van der Waals surface area contributed by atoms with E-state index in [0.717, 1.165) is 11.3 Å². The minimum absolute atomic E-state index is 0.